The van der Waals surface area contributed by atoms with Crippen LogP contribution in [0.1, 0.15) is 22.3 Å². The number of thiophene rings is 1. The molecule has 0 radical (unpaired) electrons. The molecule has 0 bridgehead atoms. The minimum Gasteiger partial charge on any atom is -0.457 e. The van der Waals surface area contributed by atoms with Crippen LogP contribution in [0.5, 0.6) is 11.5 Å². The van der Waals surface area contributed by atoms with Gasteiger partial charge in [-0.1, -0.05) is 170 Å². The smallest absolute Gasteiger partial charge is 0.132 e. The predicted molar refractivity (Wildman–Crippen MR) is 260 cm³/mol. The maximum absolute atomic E-state index is 6.64. The van der Waals surface area contributed by atoms with E-state index < -0.39 is 5.41 Å². The van der Waals surface area contributed by atoms with Gasteiger partial charge in [-0.15, -0.1) is 11.3 Å². The lowest BCUT2D eigenvalue weighted by molar-refractivity contribution is 0.436. The molecule has 0 fully saturated rings. The van der Waals surface area contributed by atoms with E-state index in [2.05, 4.69) is 229 Å². The number of hydrogen-bond acceptors (Lipinski definition) is 3. The number of ether oxygens (including phenoxy) is 1. The van der Waals surface area contributed by atoms with Gasteiger partial charge in [-0.05, 0) is 110 Å². The van der Waals surface area contributed by atoms with Crippen molar-refractivity contribution in [1.82, 2.24) is 0 Å². The number of anilines is 3. The van der Waals surface area contributed by atoms with Crippen LogP contribution in [0.15, 0.2) is 224 Å². The highest BCUT2D eigenvalue weighted by Gasteiger charge is 2.51. The van der Waals surface area contributed by atoms with Crippen LogP contribution in [0.2, 0.25) is 0 Å². The van der Waals surface area contributed by atoms with Gasteiger partial charge in [-0.2, -0.15) is 0 Å². The molecular weight excluding hydrogens is 771 g/mol. The van der Waals surface area contributed by atoms with Crippen molar-refractivity contribution in [2.45, 2.75) is 5.41 Å². The van der Waals surface area contributed by atoms with Crippen LogP contribution >= 0.6 is 11.3 Å². The summed E-state index contributed by atoms with van der Waals surface area (Å²) in [4.78, 5) is 2.46. The molecule has 62 heavy (non-hydrogen) atoms. The Morgan fingerprint density at radius 1 is 0.387 bits per heavy atom. The Hall–Kier alpha value is -7.72. The summed E-state index contributed by atoms with van der Waals surface area (Å²) >= 11 is 1.88. The summed E-state index contributed by atoms with van der Waals surface area (Å²) in [5.41, 5.74) is 15.0. The van der Waals surface area contributed by atoms with Gasteiger partial charge in [0, 0.05) is 42.7 Å². The minimum atomic E-state index is -0.530. The van der Waals surface area contributed by atoms with Crippen LogP contribution in [-0.2, 0) is 5.41 Å². The van der Waals surface area contributed by atoms with Crippen LogP contribution in [-0.4, -0.2) is 0 Å². The zero-order chi connectivity index (χ0) is 40.8. The summed E-state index contributed by atoms with van der Waals surface area (Å²) in [6.45, 7) is 0. The number of fused-ring (bicyclic) bond motifs is 14. The van der Waals surface area contributed by atoms with E-state index in [1.807, 2.05) is 11.3 Å². The third-order valence-corrected chi connectivity index (χ3v) is 14.3. The molecule has 3 heteroatoms. The second kappa shape index (κ2) is 13.7. The molecule has 0 amide bonds. The maximum atomic E-state index is 6.64. The molecular formula is C59H37NOS. The molecule has 10 aromatic carbocycles. The number of benzene rings is 10. The zero-order valence-electron chi connectivity index (χ0n) is 33.6. The molecule has 1 aromatic heterocycles. The highest BCUT2D eigenvalue weighted by atomic mass is 32.1. The van der Waals surface area contributed by atoms with Crippen LogP contribution in [0.3, 0.4) is 0 Å². The van der Waals surface area contributed by atoms with Gasteiger partial charge < -0.3 is 9.64 Å². The molecule has 0 unspecified atom stereocenters. The van der Waals surface area contributed by atoms with Crippen molar-refractivity contribution in [3.05, 3.63) is 247 Å². The fourth-order valence-electron chi connectivity index (χ4n) is 10.4. The summed E-state index contributed by atoms with van der Waals surface area (Å²) in [6, 6.07) is 82.1. The van der Waals surface area contributed by atoms with Crippen molar-refractivity contribution in [3.8, 4) is 44.9 Å². The Labute approximate surface area is 364 Å². The second-order valence-corrected chi connectivity index (χ2v) is 17.4. The van der Waals surface area contributed by atoms with Gasteiger partial charge >= 0.3 is 0 Å². The fourth-order valence-corrected chi connectivity index (χ4v) is 11.7. The third kappa shape index (κ3) is 5.09. The molecule has 11 aromatic rings. The molecule has 0 N–H and O–H groups in total. The Kier molecular flexibility index (Phi) is 7.72. The van der Waals surface area contributed by atoms with Gasteiger partial charge in [0.25, 0.3) is 0 Å². The fraction of sp³-hybridized carbons (Fsp3) is 0.0169. The van der Waals surface area contributed by atoms with E-state index in [1.54, 1.807) is 0 Å². The van der Waals surface area contributed by atoms with Crippen molar-refractivity contribution >= 4 is 59.3 Å². The summed E-state index contributed by atoms with van der Waals surface area (Å²) in [6.07, 6.45) is 0. The van der Waals surface area contributed by atoms with Crippen molar-refractivity contribution in [2.75, 3.05) is 4.90 Å². The van der Waals surface area contributed by atoms with Crippen molar-refractivity contribution in [2.24, 2.45) is 0 Å². The van der Waals surface area contributed by atoms with Crippen molar-refractivity contribution in [1.29, 1.82) is 0 Å². The maximum Gasteiger partial charge on any atom is 0.132 e. The van der Waals surface area contributed by atoms with E-state index in [0.29, 0.717) is 0 Å². The number of hydrogen-bond donors (Lipinski definition) is 0. The van der Waals surface area contributed by atoms with Crippen molar-refractivity contribution < 1.29 is 4.74 Å². The first-order valence-electron chi connectivity index (χ1n) is 21.2. The molecule has 2 aliphatic rings. The molecule has 2 heterocycles. The average molecular weight is 808 g/mol. The number of para-hydroxylation sites is 2. The van der Waals surface area contributed by atoms with Crippen LogP contribution < -0.4 is 9.64 Å². The summed E-state index contributed by atoms with van der Waals surface area (Å²) < 4.78 is 9.23. The first kappa shape index (κ1) is 35.1. The average Bonchev–Trinajstić information content (AvgIpc) is 3.87. The van der Waals surface area contributed by atoms with E-state index in [0.717, 1.165) is 34.1 Å². The molecule has 290 valence electrons. The molecule has 2 nitrogen and oxygen atoms in total. The van der Waals surface area contributed by atoms with Crippen LogP contribution in [0.4, 0.5) is 17.1 Å². The van der Waals surface area contributed by atoms with Gasteiger partial charge in [-0.3, -0.25) is 0 Å². The third-order valence-electron chi connectivity index (χ3n) is 13.1. The van der Waals surface area contributed by atoms with E-state index >= 15 is 0 Å². The first-order chi connectivity index (χ1) is 30.7. The van der Waals surface area contributed by atoms with Crippen LogP contribution in [0, 0.1) is 0 Å². The largest absolute Gasteiger partial charge is 0.457 e. The normalized spacial score (nSPS) is 13.1. The summed E-state index contributed by atoms with van der Waals surface area (Å²) in [5.74, 6) is 1.80. The molecule has 1 aliphatic heterocycles. The number of rotatable bonds is 5. The predicted octanol–water partition coefficient (Wildman–Crippen LogP) is 16.5. The standard InChI is InChI=1S/C59H37NOS/c1-2-14-38(15-3-1)39-28-32-43(33-29-39)60(53-24-13-27-56-57(53)48-35-30-40-16-4-5-19-45(40)58(48)62-56)44-18-12-17-41(36-44)42-31-34-47-46-20-6-7-21-49(46)59(52(47)37-42)50-22-8-10-25-54(50)61-55-26-11-9-23-51(55)59/h1-37H. The van der Waals surface area contributed by atoms with E-state index in [4.69, 9.17) is 4.74 Å². The molecule has 1 aliphatic carbocycles. The first-order valence-corrected chi connectivity index (χ1v) is 22.1. The van der Waals surface area contributed by atoms with Gasteiger partial charge in [0.05, 0.1) is 11.1 Å². The molecule has 0 atom stereocenters. The van der Waals surface area contributed by atoms with E-state index in [-0.39, 0.29) is 0 Å². The van der Waals surface area contributed by atoms with Crippen molar-refractivity contribution in [3.63, 3.8) is 0 Å². The minimum absolute atomic E-state index is 0.530. The number of nitrogens with zero attached hydrogens (tertiary/aromatic N) is 1. The Morgan fingerprint density at radius 2 is 1.02 bits per heavy atom. The molecule has 13 rings (SSSR count). The van der Waals surface area contributed by atoms with E-state index in [1.165, 1.54) is 81.0 Å². The van der Waals surface area contributed by atoms with Gasteiger partial charge in [0.2, 0.25) is 0 Å². The highest BCUT2D eigenvalue weighted by molar-refractivity contribution is 7.26. The lowest BCUT2D eigenvalue weighted by Crippen LogP contribution is -2.32. The Balaban J connectivity index is 1.02. The van der Waals surface area contributed by atoms with Crippen LogP contribution in [0.25, 0.3) is 64.3 Å². The summed E-state index contributed by atoms with van der Waals surface area (Å²) in [7, 11) is 0. The lowest BCUT2D eigenvalue weighted by atomic mass is 9.66. The lowest BCUT2D eigenvalue weighted by Gasteiger charge is -2.39. The monoisotopic (exact) mass is 807 g/mol. The summed E-state index contributed by atoms with van der Waals surface area (Å²) in [5, 5.41) is 5.11. The zero-order valence-corrected chi connectivity index (χ0v) is 34.4. The molecule has 0 saturated heterocycles. The highest BCUT2D eigenvalue weighted by Crippen LogP contribution is 2.62. The van der Waals surface area contributed by atoms with Gasteiger partial charge in [0.15, 0.2) is 0 Å². The Bertz CT molecular complexity index is 3520. The topological polar surface area (TPSA) is 12.5 Å². The molecule has 1 spiro atoms. The SMILES string of the molecule is c1ccc(-c2ccc(N(c3cccc(-c4ccc5c(c4)C4(c6ccccc6Oc6ccccc64)c4ccccc4-5)c3)c3cccc4sc5c6ccccc6ccc5c34)cc2)cc1. The second-order valence-electron chi connectivity index (χ2n) is 16.4. The van der Waals surface area contributed by atoms with E-state index in [9.17, 15) is 0 Å². The quantitative estimate of drug-likeness (QED) is 0.172. The van der Waals surface area contributed by atoms with Gasteiger partial charge in [-0.25, -0.2) is 0 Å². The van der Waals surface area contributed by atoms with Gasteiger partial charge in [0.1, 0.15) is 11.5 Å². The Morgan fingerprint density at radius 3 is 1.84 bits per heavy atom. The molecule has 0 saturated carbocycles.